The summed E-state index contributed by atoms with van der Waals surface area (Å²) in [5.41, 5.74) is 3.07. The van der Waals surface area contributed by atoms with Gasteiger partial charge in [-0.3, -0.25) is 14.4 Å². The maximum absolute atomic E-state index is 13.4. The third-order valence-electron chi connectivity index (χ3n) is 6.79. The number of ether oxygens (including phenoxy) is 3. The molecule has 0 radical (unpaired) electrons. The molecule has 0 aromatic heterocycles. The molecule has 0 aliphatic heterocycles. The number of hydrogen-bond donors (Lipinski definition) is 3. The molecular weight excluding hydrogens is 542 g/mol. The summed E-state index contributed by atoms with van der Waals surface area (Å²) in [6.45, 7) is 1.90. The second kappa shape index (κ2) is 13.9. The van der Waals surface area contributed by atoms with E-state index in [-0.39, 0.29) is 29.5 Å². The molecule has 1 atom stereocenters. The van der Waals surface area contributed by atoms with Crippen LogP contribution in [0.2, 0.25) is 0 Å². The van der Waals surface area contributed by atoms with Crippen molar-refractivity contribution in [2.24, 2.45) is 0 Å². The van der Waals surface area contributed by atoms with Gasteiger partial charge in [0.1, 0.15) is 0 Å². The standard InChI is InChI=1S/C31H35N3O6S/c1-19(35)34-24-12-10-20-16-27(38-2)30(39-3)31(40-4)29(20)22-11-13-25(26(36)17-23(22)24)33-18-28(37)32-14-15-41-21-8-6-5-7-9-21/h5-9,11,13,16-17,24H,10,12,14-15,18H2,1-4H3,(H,32,37)(H,33,36)(H,34,35). The molecule has 216 valence electrons. The van der Waals surface area contributed by atoms with Gasteiger partial charge in [0.15, 0.2) is 11.5 Å². The molecule has 3 aromatic rings. The van der Waals surface area contributed by atoms with Gasteiger partial charge in [0.05, 0.1) is 39.6 Å². The number of amides is 2. The number of aryl methyl sites for hydroxylation is 1. The summed E-state index contributed by atoms with van der Waals surface area (Å²) in [5, 5.41) is 8.86. The summed E-state index contributed by atoms with van der Waals surface area (Å²) in [6.07, 6.45) is 1.17. The number of methoxy groups -OCH3 is 3. The van der Waals surface area contributed by atoms with Crippen molar-refractivity contribution in [3.8, 4) is 28.4 Å². The van der Waals surface area contributed by atoms with Crippen molar-refractivity contribution in [2.45, 2.75) is 30.7 Å². The molecule has 9 nitrogen and oxygen atoms in total. The average molecular weight is 578 g/mol. The van der Waals surface area contributed by atoms with E-state index in [1.807, 2.05) is 42.5 Å². The smallest absolute Gasteiger partial charge is 0.239 e. The Morgan fingerprint density at radius 1 is 0.976 bits per heavy atom. The maximum atomic E-state index is 13.4. The first-order valence-electron chi connectivity index (χ1n) is 13.3. The van der Waals surface area contributed by atoms with Gasteiger partial charge < -0.3 is 30.2 Å². The zero-order valence-corrected chi connectivity index (χ0v) is 24.5. The van der Waals surface area contributed by atoms with Crippen LogP contribution < -0.4 is 35.6 Å². The van der Waals surface area contributed by atoms with Crippen molar-refractivity contribution < 1.29 is 23.8 Å². The first-order valence-corrected chi connectivity index (χ1v) is 14.3. The van der Waals surface area contributed by atoms with Gasteiger partial charge >= 0.3 is 0 Å². The van der Waals surface area contributed by atoms with Gasteiger partial charge in [0, 0.05) is 29.7 Å². The van der Waals surface area contributed by atoms with Crippen LogP contribution in [0.4, 0.5) is 5.69 Å². The lowest BCUT2D eigenvalue weighted by molar-refractivity contribution is -0.120. The molecule has 41 heavy (non-hydrogen) atoms. The molecule has 0 bridgehead atoms. The molecule has 0 saturated heterocycles. The van der Waals surface area contributed by atoms with Crippen LogP contribution in [0.1, 0.15) is 30.5 Å². The normalized spacial score (nSPS) is 13.6. The molecule has 0 fully saturated rings. The Morgan fingerprint density at radius 3 is 2.41 bits per heavy atom. The van der Waals surface area contributed by atoms with Gasteiger partial charge in [-0.2, -0.15) is 0 Å². The zero-order chi connectivity index (χ0) is 29.4. The van der Waals surface area contributed by atoms with Crippen LogP contribution >= 0.6 is 11.8 Å². The quantitative estimate of drug-likeness (QED) is 0.230. The Labute approximate surface area is 244 Å². The molecule has 1 aliphatic rings. The lowest BCUT2D eigenvalue weighted by atomic mass is 9.95. The minimum atomic E-state index is -0.407. The predicted octanol–water partition coefficient (Wildman–Crippen LogP) is 4.18. The minimum absolute atomic E-state index is 0.0556. The molecule has 0 saturated carbocycles. The molecule has 2 amide bonds. The number of benzene rings is 2. The molecule has 1 unspecified atom stereocenters. The maximum Gasteiger partial charge on any atom is 0.239 e. The SMILES string of the molecule is COc1cc2c(c(OC)c1OC)-c1ccc(NCC(=O)NCCSc3ccccc3)c(=O)cc1C(NC(C)=O)CC2. The Balaban J connectivity index is 1.61. The van der Waals surface area contributed by atoms with Crippen molar-refractivity contribution >= 4 is 29.3 Å². The predicted molar refractivity (Wildman–Crippen MR) is 161 cm³/mol. The molecule has 3 N–H and O–H groups in total. The summed E-state index contributed by atoms with van der Waals surface area (Å²) in [5.74, 6) is 1.76. The van der Waals surface area contributed by atoms with Crippen LogP contribution in [0.3, 0.4) is 0 Å². The highest BCUT2D eigenvalue weighted by atomic mass is 32.2. The van der Waals surface area contributed by atoms with Crippen LogP contribution in [-0.4, -0.2) is 52.0 Å². The van der Waals surface area contributed by atoms with Crippen molar-refractivity contribution in [2.75, 3.05) is 45.5 Å². The number of carbonyl (C=O) groups excluding carboxylic acids is 2. The number of rotatable bonds is 11. The van der Waals surface area contributed by atoms with Crippen molar-refractivity contribution in [1.82, 2.24) is 10.6 Å². The fourth-order valence-corrected chi connectivity index (χ4v) is 5.76. The van der Waals surface area contributed by atoms with Crippen molar-refractivity contribution in [1.29, 1.82) is 0 Å². The fourth-order valence-electron chi connectivity index (χ4n) is 4.97. The van der Waals surface area contributed by atoms with Gasteiger partial charge in [-0.15, -0.1) is 11.8 Å². The number of thioether (sulfide) groups is 1. The number of carbonyl (C=O) groups is 2. The van der Waals surface area contributed by atoms with E-state index < -0.39 is 6.04 Å². The van der Waals surface area contributed by atoms with E-state index in [1.54, 1.807) is 39.2 Å². The first-order chi connectivity index (χ1) is 19.9. The third-order valence-corrected chi connectivity index (χ3v) is 7.81. The van der Waals surface area contributed by atoms with Gasteiger partial charge in [0.2, 0.25) is 23.0 Å². The van der Waals surface area contributed by atoms with Crippen LogP contribution in [0.15, 0.2) is 64.3 Å². The van der Waals surface area contributed by atoms with Gasteiger partial charge in [-0.05, 0) is 59.9 Å². The van der Waals surface area contributed by atoms with Crippen LogP contribution in [0.25, 0.3) is 11.1 Å². The summed E-state index contributed by atoms with van der Waals surface area (Å²) < 4.78 is 17.0. The van der Waals surface area contributed by atoms with Gasteiger partial charge in [-0.1, -0.05) is 24.3 Å². The number of fused-ring (bicyclic) bond motifs is 3. The topological polar surface area (TPSA) is 115 Å². The van der Waals surface area contributed by atoms with Gasteiger partial charge in [0.25, 0.3) is 0 Å². The van der Waals surface area contributed by atoms with E-state index in [2.05, 4.69) is 16.0 Å². The molecule has 0 heterocycles. The molecule has 0 spiro atoms. The number of anilines is 1. The summed E-state index contributed by atoms with van der Waals surface area (Å²) >= 11 is 1.66. The third kappa shape index (κ3) is 7.13. The van der Waals surface area contributed by atoms with Crippen LogP contribution in [-0.2, 0) is 16.0 Å². The van der Waals surface area contributed by atoms with Crippen LogP contribution in [0.5, 0.6) is 17.2 Å². The Kier molecular flexibility index (Phi) is 10.1. The minimum Gasteiger partial charge on any atom is -0.493 e. The average Bonchev–Trinajstić information content (AvgIpc) is 3.21. The molecule has 3 aromatic carbocycles. The zero-order valence-electron chi connectivity index (χ0n) is 23.7. The van der Waals surface area contributed by atoms with E-state index in [9.17, 15) is 14.4 Å². The van der Waals surface area contributed by atoms with Gasteiger partial charge in [-0.25, -0.2) is 0 Å². The number of nitrogens with one attached hydrogen (secondary N) is 3. The first kappa shape index (κ1) is 29.8. The summed E-state index contributed by atoms with van der Waals surface area (Å²) in [4.78, 5) is 39.1. The molecular formula is C31H35N3O6S. The molecule has 1 aliphatic carbocycles. The highest BCUT2D eigenvalue weighted by molar-refractivity contribution is 7.99. The second-order valence-corrected chi connectivity index (χ2v) is 10.6. The van der Waals surface area contributed by atoms with E-state index in [1.165, 1.54) is 13.0 Å². The largest absolute Gasteiger partial charge is 0.493 e. The molecule has 4 rings (SSSR count). The fraction of sp³-hybridized carbons (Fsp3) is 0.323. The van der Waals surface area contributed by atoms with Crippen molar-refractivity contribution in [3.63, 3.8) is 0 Å². The number of hydrogen-bond acceptors (Lipinski definition) is 8. The van der Waals surface area contributed by atoms with Crippen molar-refractivity contribution in [3.05, 3.63) is 75.9 Å². The second-order valence-electron chi connectivity index (χ2n) is 9.46. The van der Waals surface area contributed by atoms with E-state index in [0.717, 1.165) is 27.3 Å². The lowest BCUT2D eigenvalue weighted by Gasteiger charge is -2.19. The Morgan fingerprint density at radius 2 is 1.73 bits per heavy atom. The monoisotopic (exact) mass is 577 g/mol. The highest BCUT2D eigenvalue weighted by Crippen LogP contribution is 2.50. The Bertz CT molecular complexity index is 1460. The van der Waals surface area contributed by atoms with Crippen LogP contribution in [0, 0.1) is 0 Å². The summed E-state index contributed by atoms with van der Waals surface area (Å²) in [7, 11) is 4.66. The highest BCUT2D eigenvalue weighted by Gasteiger charge is 2.29. The van der Waals surface area contributed by atoms with E-state index >= 15 is 0 Å². The molecule has 10 heteroatoms. The summed E-state index contributed by atoms with van der Waals surface area (Å²) in [6, 6.07) is 16.5. The van der Waals surface area contributed by atoms with E-state index in [4.69, 9.17) is 14.2 Å². The Hall–Kier alpha value is -4.18. The van der Waals surface area contributed by atoms with E-state index in [0.29, 0.717) is 42.2 Å². The lowest BCUT2D eigenvalue weighted by Crippen LogP contribution is -2.32.